The van der Waals surface area contributed by atoms with Crippen LogP contribution in [0.1, 0.15) is 15.9 Å². The zero-order valence-corrected chi connectivity index (χ0v) is 21.3. The molecule has 4 aromatic rings. The second-order valence-corrected chi connectivity index (χ2v) is 9.13. The summed E-state index contributed by atoms with van der Waals surface area (Å²) in [5.41, 5.74) is 1.14. The predicted octanol–water partition coefficient (Wildman–Crippen LogP) is 5.44. The molecule has 1 atom stereocenters. The number of hydrogen-bond acceptors (Lipinski definition) is 5. The normalized spacial score (nSPS) is 12.4. The van der Waals surface area contributed by atoms with Crippen molar-refractivity contribution >= 4 is 29.2 Å². The number of aliphatic hydroxyl groups is 1. The van der Waals surface area contributed by atoms with Crippen LogP contribution in [0.3, 0.4) is 0 Å². The Morgan fingerprint density at radius 1 is 1.05 bits per heavy atom. The van der Waals surface area contributed by atoms with Crippen LogP contribution in [-0.2, 0) is 17.8 Å². The van der Waals surface area contributed by atoms with E-state index in [-0.39, 0.29) is 17.9 Å². The summed E-state index contributed by atoms with van der Waals surface area (Å²) in [7, 11) is 1.20. The van der Waals surface area contributed by atoms with Crippen molar-refractivity contribution in [3.63, 3.8) is 0 Å². The molecule has 3 aromatic carbocycles. The lowest BCUT2D eigenvalue weighted by Crippen LogP contribution is -2.37. The average molecular weight is 566 g/mol. The number of nitrogens with zero attached hydrogens (tertiary/aromatic N) is 3. The molecule has 0 amide bonds. The monoisotopic (exact) mass is 565 g/mol. The Morgan fingerprint density at radius 2 is 1.71 bits per heavy atom. The number of alkyl halides is 3. The highest BCUT2D eigenvalue weighted by molar-refractivity contribution is 6.33. The Bertz CT molecular complexity index is 1530. The molecule has 0 saturated heterocycles. The van der Waals surface area contributed by atoms with E-state index >= 15 is 0 Å². The largest absolute Gasteiger partial charge is 0.465 e. The molecule has 0 fully saturated rings. The third-order valence-corrected chi connectivity index (χ3v) is 6.36. The average Bonchev–Trinajstić information content (AvgIpc) is 3.18. The summed E-state index contributed by atoms with van der Waals surface area (Å²) in [4.78, 5) is 25.8. The number of aromatic nitrogens is 3. The third-order valence-electron chi connectivity index (χ3n) is 5.77. The van der Waals surface area contributed by atoms with E-state index < -0.39 is 30.5 Å². The van der Waals surface area contributed by atoms with Crippen LogP contribution in [0.4, 0.5) is 13.2 Å². The van der Waals surface area contributed by atoms with Crippen LogP contribution in [0.25, 0.3) is 22.5 Å². The van der Waals surface area contributed by atoms with E-state index in [4.69, 9.17) is 27.9 Å². The second kappa shape index (κ2) is 11.0. The summed E-state index contributed by atoms with van der Waals surface area (Å²) in [6.07, 6.45) is -7.77. The molecule has 0 radical (unpaired) electrons. The first-order valence-corrected chi connectivity index (χ1v) is 11.9. The fraction of sp³-hybridized carbons (Fsp3) is 0.192. The minimum Gasteiger partial charge on any atom is -0.465 e. The van der Waals surface area contributed by atoms with Crippen molar-refractivity contribution in [3.05, 3.63) is 98.4 Å². The predicted molar refractivity (Wildman–Crippen MR) is 136 cm³/mol. The summed E-state index contributed by atoms with van der Waals surface area (Å²) >= 11 is 12.3. The van der Waals surface area contributed by atoms with Crippen LogP contribution in [0.5, 0.6) is 0 Å². The number of aliphatic hydroxyl groups excluding tert-OH is 1. The third kappa shape index (κ3) is 5.77. The lowest BCUT2D eigenvalue weighted by atomic mass is 9.99. The van der Waals surface area contributed by atoms with E-state index in [1.165, 1.54) is 37.4 Å². The first kappa shape index (κ1) is 27.4. The lowest BCUT2D eigenvalue weighted by Gasteiger charge is -2.15. The molecule has 1 aromatic heterocycles. The van der Waals surface area contributed by atoms with Gasteiger partial charge in [0.2, 0.25) is 0 Å². The quantitative estimate of drug-likeness (QED) is 0.301. The number of benzene rings is 3. The maximum atomic E-state index is 13.3. The van der Waals surface area contributed by atoms with Gasteiger partial charge in [0, 0.05) is 21.2 Å². The van der Waals surface area contributed by atoms with E-state index in [1.807, 2.05) is 0 Å². The number of carbonyl (C=O) groups is 1. The Balaban J connectivity index is 1.84. The van der Waals surface area contributed by atoms with Gasteiger partial charge < -0.3 is 9.84 Å². The van der Waals surface area contributed by atoms with Crippen molar-refractivity contribution in [2.75, 3.05) is 7.11 Å². The first-order valence-electron chi connectivity index (χ1n) is 11.1. The number of ether oxygens (including phenoxy) is 1. The second-order valence-electron chi connectivity index (χ2n) is 8.28. The summed E-state index contributed by atoms with van der Waals surface area (Å²) in [6, 6.07) is 17.8. The van der Waals surface area contributed by atoms with Gasteiger partial charge in [-0.05, 0) is 53.6 Å². The maximum absolute atomic E-state index is 13.3. The SMILES string of the molecule is COC(=O)c1ccc(-c2ccccc2Cl)cc1Cn1nc(-c2ccc(Cl)cc2)n(CC(O)C(F)(F)F)c1=O. The van der Waals surface area contributed by atoms with E-state index in [1.54, 1.807) is 36.4 Å². The first-order chi connectivity index (χ1) is 18.0. The van der Waals surface area contributed by atoms with Crippen molar-refractivity contribution in [3.8, 4) is 22.5 Å². The molecule has 7 nitrogen and oxygen atoms in total. The zero-order chi connectivity index (χ0) is 27.6. The molecular formula is C26H20Cl2F3N3O4. The van der Waals surface area contributed by atoms with Crippen molar-refractivity contribution < 1.29 is 27.8 Å². The number of rotatable bonds is 7. The van der Waals surface area contributed by atoms with Gasteiger partial charge in [-0.2, -0.15) is 13.2 Å². The van der Waals surface area contributed by atoms with Crippen molar-refractivity contribution in [1.29, 1.82) is 0 Å². The van der Waals surface area contributed by atoms with Crippen LogP contribution in [-0.4, -0.2) is 44.8 Å². The van der Waals surface area contributed by atoms with Crippen molar-refractivity contribution in [1.82, 2.24) is 14.3 Å². The minimum absolute atomic E-state index is 0.114. The molecule has 0 aliphatic carbocycles. The molecule has 1 heterocycles. The number of esters is 1. The van der Waals surface area contributed by atoms with Crippen molar-refractivity contribution in [2.45, 2.75) is 25.4 Å². The Morgan fingerprint density at radius 3 is 2.34 bits per heavy atom. The van der Waals surface area contributed by atoms with Gasteiger partial charge in [0.1, 0.15) is 0 Å². The summed E-state index contributed by atoms with van der Waals surface area (Å²) in [5.74, 6) is -0.791. The van der Waals surface area contributed by atoms with E-state index in [0.29, 0.717) is 32.3 Å². The molecule has 4 rings (SSSR count). The molecule has 0 aliphatic rings. The summed E-state index contributed by atoms with van der Waals surface area (Å²) in [5, 5.41) is 14.8. The highest BCUT2D eigenvalue weighted by Crippen LogP contribution is 2.30. The van der Waals surface area contributed by atoms with Gasteiger partial charge in [-0.1, -0.05) is 47.5 Å². The Kier molecular flexibility index (Phi) is 7.96. The number of carbonyl (C=O) groups excluding carboxylic acids is 1. The highest BCUT2D eigenvalue weighted by Gasteiger charge is 2.39. The van der Waals surface area contributed by atoms with Crippen molar-refractivity contribution in [2.24, 2.45) is 0 Å². The molecule has 0 aliphatic heterocycles. The Hall–Kier alpha value is -3.60. The van der Waals surface area contributed by atoms with Crippen LogP contribution in [0.15, 0.2) is 71.5 Å². The molecule has 0 bridgehead atoms. The van der Waals surface area contributed by atoms with Gasteiger partial charge in [-0.3, -0.25) is 4.57 Å². The smallest absolute Gasteiger partial charge is 0.416 e. The van der Waals surface area contributed by atoms with Gasteiger partial charge in [0.05, 0.1) is 25.8 Å². The van der Waals surface area contributed by atoms with Crippen LogP contribution in [0, 0.1) is 0 Å². The van der Waals surface area contributed by atoms with Gasteiger partial charge >= 0.3 is 17.8 Å². The molecular weight excluding hydrogens is 546 g/mol. The van der Waals surface area contributed by atoms with E-state index in [2.05, 4.69) is 5.10 Å². The number of hydrogen-bond donors (Lipinski definition) is 1. The molecule has 198 valence electrons. The topological polar surface area (TPSA) is 86.3 Å². The van der Waals surface area contributed by atoms with E-state index in [0.717, 1.165) is 9.25 Å². The highest BCUT2D eigenvalue weighted by atomic mass is 35.5. The van der Waals surface area contributed by atoms with Crippen LogP contribution >= 0.6 is 23.2 Å². The number of methoxy groups -OCH3 is 1. The fourth-order valence-electron chi connectivity index (χ4n) is 3.86. The summed E-state index contributed by atoms with van der Waals surface area (Å²) < 4.78 is 46.0. The standard InChI is InChI=1S/C26H20Cl2F3N3O4/c1-38-24(36)20-11-8-16(19-4-2-3-5-21(19)28)12-17(20)13-34-25(37)33(14-22(35)26(29,30)31)23(32-34)15-6-9-18(27)10-7-15/h2-12,22,35H,13-14H2,1H3. The molecule has 1 N–H and O–H groups in total. The van der Waals surface area contributed by atoms with E-state index in [9.17, 15) is 27.9 Å². The Labute approximate surface area is 224 Å². The van der Waals surface area contributed by atoms with Gasteiger partial charge in [0.15, 0.2) is 11.9 Å². The molecule has 0 spiro atoms. The van der Waals surface area contributed by atoms with Gasteiger partial charge in [0.25, 0.3) is 0 Å². The van der Waals surface area contributed by atoms with Gasteiger partial charge in [-0.25, -0.2) is 14.3 Å². The maximum Gasteiger partial charge on any atom is 0.416 e. The lowest BCUT2D eigenvalue weighted by molar-refractivity contribution is -0.207. The summed E-state index contributed by atoms with van der Waals surface area (Å²) in [6.45, 7) is -1.36. The van der Waals surface area contributed by atoms with Gasteiger partial charge in [-0.15, -0.1) is 5.10 Å². The number of halogens is 5. The zero-order valence-electron chi connectivity index (χ0n) is 19.7. The molecule has 38 heavy (non-hydrogen) atoms. The minimum atomic E-state index is -4.96. The van der Waals surface area contributed by atoms with Crippen LogP contribution in [0.2, 0.25) is 10.0 Å². The molecule has 0 saturated carbocycles. The molecule has 12 heteroatoms. The molecule has 1 unspecified atom stereocenters. The van der Waals surface area contributed by atoms with Crippen LogP contribution < -0.4 is 5.69 Å². The fourth-order valence-corrected chi connectivity index (χ4v) is 4.23.